The Labute approximate surface area is 179 Å². The highest BCUT2D eigenvalue weighted by atomic mass is 32.2. The summed E-state index contributed by atoms with van der Waals surface area (Å²) in [5.41, 5.74) is 5.30. The summed E-state index contributed by atoms with van der Waals surface area (Å²) in [5, 5.41) is 7.24. The van der Waals surface area contributed by atoms with Crippen molar-refractivity contribution in [3.63, 3.8) is 0 Å². The van der Waals surface area contributed by atoms with Gasteiger partial charge in [0.25, 0.3) is 0 Å². The highest BCUT2D eigenvalue weighted by molar-refractivity contribution is 7.90. The van der Waals surface area contributed by atoms with Crippen LogP contribution in [-0.4, -0.2) is 29.9 Å². The van der Waals surface area contributed by atoms with Gasteiger partial charge in [-0.25, -0.2) is 12.8 Å². The maximum Gasteiger partial charge on any atom is 0.175 e. The third-order valence-corrected chi connectivity index (χ3v) is 6.66. The van der Waals surface area contributed by atoms with Gasteiger partial charge < -0.3 is 0 Å². The molecule has 0 aliphatic heterocycles. The average Bonchev–Trinajstić information content (AvgIpc) is 3.50. The standard InChI is InChI=1S/C24H20FN3O2S/c1-31(29,30)18-10-7-15(8-11-18)19-13-17(9-12-21(19)25)20-14-26-28-24(20)23-4-2-3-22(27-23)16-5-6-16/h2-4,7-14,16H,5-6H2,1H3,(H,26,28). The quantitative estimate of drug-likeness (QED) is 0.468. The van der Waals surface area contributed by atoms with Crippen molar-refractivity contribution < 1.29 is 12.8 Å². The number of rotatable bonds is 5. The van der Waals surface area contributed by atoms with Crippen LogP contribution in [-0.2, 0) is 9.84 Å². The van der Waals surface area contributed by atoms with Gasteiger partial charge in [0, 0.05) is 29.0 Å². The molecule has 0 saturated heterocycles. The number of aromatic amines is 1. The van der Waals surface area contributed by atoms with Crippen LogP contribution in [0.4, 0.5) is 4.39 Å². The van der Waals surface area contributed by atoms with E-state index in [1.165, 1.54) is 31.0 Å². The molecule has 0 spiro atoms. The van der Waals surface area contributed by atoms with E-state index < -0.39 is 9.84 Å². The lowest BCUT2D eigenvalue weighted by molar-refractivity contribution is 0.602. The summed E-state index contributed by atoms with van der Waals surface area (Å²) >= 11 is 0. The summed E-state index contributed by atoms with van der Waals surface area (Å²) in [6, 6.07) is 17.1. The molecule has 5 nitrogen and oxygen atoms in total. The minimum absolute atomic E-state index is 0.201. The Morgan fingerprint density at radius 2 is 1.71 bits per heavy atom. The van der Waals surface area contributed by atoms with Gasteiger partial charge in [0.15, 0.2) is 9.84 Å². The number of halogens is 1. The van der Waals surface area contributed by atoms with Crippen molar-refractivity contribution in [3.05, 3.63) is 78.4 Å². The lowest BCUT2D eigenvalue weighted by Gasteiger charge is -2.09. The molecule has 0 atom stereocenters. The first-order valence-corrected chi connectivity index (χ1v) is 11.9. The van der Waals surface area contributed by atoms with E-state index in [1.54, 1.807) is 30.5 Å². The molecule has 0 bridgehead atoms. The Kier molecular flexibility index (Phi) is 4.70. The monoisotopic (exact) mass is 433 g/mol. The summed E-state index contributed by atoms with van der Waals surface area (Å²) in [6.45, 7) is 0. The zero-order chi connectivity index (χ0) is 21.6. The van der Waals surface area contributed by atoms with E-state index in [-0.39, 0.29) is 10.7 Å². The van der Waals surface area contributed by atoms with Gasteiger partial charge in [-0.15, -0.1) is 0 Å². The van der Waals surface area contributed by atoms with Crippen molar-refractivity contribution in [2.75, 3.05) is 6.26 Å². The van der Waals surface area contributed by atoms with E-state index >= 15 is 0 Å². The molecule has 7 heteroatoms. The van der Waals surface area contributed by atoms with Crippen LogP contribution in [0.5, 0.6) is 0 Å². The molecule has 2 aromatic carbocycles. The fraction of sp³-hybridized carbons (Fsp3) is 0.167. The van der Waals surface area contributed by atoms with Gasteiger partial charge in [-0.05, 0) is 60.4 Å². The molecule has 1 aliphatic rings. The molecule has 31 heavy (non-hydrogen) atoms. The van der Waals surface area contributed by atoms with Crippen LogP contribution in [0.1, 0.15) is 24.5 Å². The molecule has 5 rings (SSSR count). The van der Waals surface area contributed by atoms with E-state index in [1.807, 2.05) is 18.2 Å². The van der Waals surface area contributed by atoms with E-state index in [0.717, 1.165) is 34.5 Å². The van der Waals surface area contributed by atoms with Crippen molar-refractivity contribution >= 4 is 9.84 Å². The molecule has 0 amide bonds. The largest absolute Gasteiger partial charge is 0.276 e. The van der Waals surface area contributed by atoms with Crippen LogP contribution >= 0.6 is 0 Å². The number of hydrogen-bond acceptors (Lipinski definition) is 4. The molecule has 156 valence electrons. The van der Waals surface area contributed by atoms with Crippen molar-refractivity contribution in [2.45, 2.75) is 23.7 Å². The van der Waals surface area contributed by atoms with E-state index in [0.29, 0.717) is 17.0 Å². The van der Waals surface area contributed by atoms with Gasteiger partial charge in [0.05, 0.1) is 22.5 Å². The lowest BCUT2D eigenvalue weighted by atomic mass is 9.98. The van der Waals surface area contributed by atoms with Gasteiger partial charge in [0.1, 0.15) is 5.82 Å². The summed E-state index contributed by atoms with van der Waals surface area (Å²) in [5.74, 6) is 0.161. The SMILES string of the molecule is CS(=O)(=O)c1ccc(-c2cc(-c3cn[nH]c3-c3cccc(C4CC4)n3)ccc2F)cc1. The minimum Gasteiger partial charge on any atom is -0.276 e. The first-order valence-electron chi connectivity index (χ1n) is 10.0. The number of aromatic nitrogens is 3. The highest BCUT2D eigenvalue weighted by Gasteiger charge is 2.25. The van der Waals surface area contributed by atoms with Crippen molar-refractivity contribution in [2.24, 2.45) is 0 Å². The maximum atomic E-state index is 14.6. The second kappa shape index (κ2) is 7.42. The van der Waals surface area contributed by atoms with Gasteiger partial charge >= 0.3 is 0 Å². The molecule has 1 aliphatic carbocycles. The smallest absolute Gasteiger partial charge is 0.175 e. The fourth-order valence-corrected chi connectivity index (χ4v) is 4.32. The van der Waals surface area contributed by atoms with Gasteiger partial charge in [-0.2, -0.15) is 5.10 Å². The minimum atomic E-state index is -3.31. The topological polar surface area (TPSA) is 75.7 Å². The Bertz CT molecular complexity index is 1370. The van der Waals surface area contributed by atoms with Crippen LogP contribution in [0, 0.1) is 5.82 Å². The zero-order valence-electron chi connectivity index (χ0n) is 16.8. The summed E-state index contributed by atoms with van der Waals surface area (Å²) in [7, 11) is -3.31. The molecule has 0 unspecified atom stereocenters. The number of hydrogen-bond donors (Lipinski definition) is 1. The van der Waals surface area contributed by atoms with Crippen LogP contribution < -0.4 is 0 Å². The van der Waals surface area contributed by atoms with E-state index in [4.69, 9.17) is 4.98 Å². The Morgan fingerprint density at radius 3 is 2.42 bits per heavy atom. The molecule has 4 aromatic rings. The molecule has 1 fully saturated rings. The average molecular weight is 434 g/mol. The summed E-state index contributed by atoms with van der Waals surface area (Å²) in [4.78, 5) is 4.99. The Hall–Kier alpha value is -3.32. The molecule has 0 radical (unpaired) electrons. The third kappa shape index (κ3) is 3.88. The first kappa shape index (κ1) is 19.6. The maximum absolute atomic E-state index is 14.6. The lowest BCUT2D eigenvalue weighted by Crippen LogP contribution is -1.96. The van der Waals surface area contributed by atoms with E-state index in [9.17, 15) is 12.8 Å². The summed E-state index contributed by atoms with van der Waals surface area (Å²) in [6.07, 6.45) is 5.21. The number of benzene rings is 2. The number of nitrogens with one attached hydrogen (secondary N) is 1. The molecular formula is C24H20FN3O2S. The first-order chi connectivity index (χ1) is 14.9. The number of sulfone groups is 1. The predicted molar refractivity (Wildman–Crippen MR) is 118 cm³/mol. The molecular weight excluding hydrogens is 413 g/mol. The van der Waals surface area contributed by atoms with E-state index in [2.05, 4.69) is 10.2 Å². The molecule has 2 heterocycles. The second-order valence-electron chi connectivity index (χ2n) is 7.87. The number of H-pyrrole nitrogens is 1. The zero-order valence-corrected chi connectivity index (χ0v) is 17.7. The van der Waals surface area contributed by atoms with Gasteiger partial charge in [0.2, 0.25) is 0 Å². The number of pyridine rings is 1. The third-order valence-electron chi connectivity index (χ3n) is 5.53. The predicted octanol–water partition coefficient (Wildman–Crippen LogP) is 5.23. The second-order valence-corrected chi connectivity index (χ2v) is 9.89. The van der Waals surface area contributed by atoms with Crippen LogP contribution in [0.2, 0.25) is 0 Å². The fourth-order valence-electron chi connectivity index (χ4n) is 3.69. The van der Waals surface area contributed by atoms with Crippen LogP contribution in [0.25, 0.3) is 33.6 Å². The Morgan fingerprint density at radius 1 is 0.968 bits per heavy atom. The Balaban J connectivity index is 1.55. The van der Waals surface area contributed by atoms with Crippen LogP contribution in [0.15, 0.2) is 71.8 Å². The number of nitrogens with zero attached hydrogens (tertiary/aromatic N) is 2. The van der Waals surface area contributed by atoms with Gasteiger partial charge in [-0.3, -0.25) is 10.1 Å². The van der Waals surface area contributed by atoms with Crippen molar-refractivity contribution in [1.29, 1.82) is 0 Å². The normalized spacial score (nSPS) is 14.0. The van der Waals surface area contributed by atoms with Crippen molar-refractivity contribution in [3.8, 4) is 33.6 Å². The molecule has 1 N–H and O–H groups in total. The van der Waals surface area contributed by atoms with Crippen molar-refractivity contribution in [1.82, 2.24) is 15.2 Å². The summed E-state index contributed by atoms with van der Waals surface area (Å²) < 4.78 is 38.1. The molecule has 1 saturated carbocycles. The molecule has 2 aromatic heterocycles. The van der Waals surface area contributed by atoms with Gasteiger partial charge in [-0.1, -0.05) is 24.3 Å². The van der Waals surface area contributed by atoms with Crippen LogP contribution in [0.3, 0.4) is 0 Å². The highest BCUT2D eigenvalue weighted by Crippen LogP contribution is 2.40.